The fourth-order valence-corrected chi connectivity index (χ4v) is 1.69. The highest BCUT2D eigenvalue weighted by atomic mass is 16.1. The Labute approximate surface area is 107 Å². The molecule has 0 aromatic carbocycles. The van der Waals surface area contributed by atoms with E-state index in [1.165, 1.54) is 12.8 Å². The maximum atomic E-state index is 11.7. The van der Waals surface area contributed by atoms with E-state index < -0.39 is 0 Å². The summed E-state index contributed by atoms with van der Waals surface area (Å²) in [4.78, 5) is 11.7. The van der Waals surface area contributed by atoms with Crippen molar-refractivity contribution in [3.63, 3.8) is 0 Å². The van der Waals surface area contributed by atoms with E-state index >= 15 is 0 Å². The van der Waals surface area contributed by atoms with E-state index in [0.717, 1.165) is 12.3 Å². The minimum atomic E-state index is -0.0298. The molecule has 0 rings (SSSR count). The molecule has 102 valence electrons. The average molecular weight is 242 g/mol. The molecule has 2 unspecified atom stereocenters. The molecule has 0 aliphatic rings. The quantitative estimate of drug-likeness (QED) is 0.687. The van der Waals surface area contributed by atoms with Gasteiger partial charge in [0, 0.05) is 18.5 Å². The standard InChI is InChI=1S/C14H30N2O/c1-10(2)7-6-8-12(5)16-14(17)9-13(15)11(3)4/h10-13H,6-9,15H2,1-5H3,(H,16,17). The maximum absolute atomic E-state index is 11.7. The van der Waals surface area contributed by atoms with Gasteiger partial charge in [0.05, 0.1) is 0 Å². The highest BCUT2D eigenvalue weighted by Gasteiger charge is 2.14. The molecule has 3 N–H and O–H groups in total. The van der Waals surface area contributed by atoms with E-state index in [1.54, 1.807) is 0 Å². The second-order valence-corrected chi connectivity index (χ2v) is 5.91. The van der Waals surface area contributed by atoms with Gasteiger partial charge in [-0.25, -0.2) is 0 Å². The van der Waals surface area contributed by atoms with E-state index in [4.69, 9.17) is 5.73 Å². The van der Waals surface area contributed by atoms with Crippen LogP contribution >= 0.6 is 0 Å². The first-order chi connectivity index (χ1) is 7.82. The highest BCUT2D eigenvalue weighted by Crippen LogP contribution is 2.09. The van der Waals surface area contributed by atoms with Gasteiger partial charge in [-0.05, 0) is 25.2 Å². The van der Waals surface area contributed by atoms with Crippen LogP contribution in [0.1, 0.15) is 60.3 Å². The Morgan fingerprint density at radius 2 is 1.71 bits per heavy atom. The van der Waals surface area contributed by atoms with Crippen LogP contribution < -0.4 is 11.1 Å². The van der Waals surface area contributed by atoms with Crippen molar-refractivity contribution < 1.29 is 4.79 Å². The summed E-state index contributed by atoms with van der Waals surface area (Å²) in [6, 6.07) is 0.235. The summed E-state index contributed by atoms with van der Waals surface area (Å²) in [5.74, 6) is 1.19. The number of rotatable bonds is 8. The normalized spacial score (nSPS) is 15.1. The molecule has 1 amide bonds. The van der Waals surface area contributed by atoms with Crippen LogP contribution in [-0.2, 0) is 4.79 Å². The van der Waals surface area contributed by atoms with Gasteiger partial charge in [-0.2, -0.15) is 0 Å². The summed E-state index contributed by atoms with van der Waals surface area (Å²) in [6.07, 6.45) is 3.90. The molecule has 0 bridgehead atoms. The Hall–Kier alpha value is -0.570. The number of nitrogens with one attached hydrogen (secondary N) is 1. The van der Waals surface area contributed by atoms with Crippen molar-refractivity contribution in [3.8, 4) is 0 Å². The predicted octanol–water partition coefficient (Wildman–Crippen LogP) is 2.69. The van der Waals surface area contributed by atoms with Gasteiger partial charge in [0.25, 0.3) is 0 Å². The van der Waals surface area contributed by atoms with Gasteiger partial charge in [-0.1, -0.05) is 40.5 Å². The van der Waals surface area contributed by atoms with Crippen molar-refractivity contribution in [2.45, 2.75) is 72.4 Å². The third kappa shape index (κ3) is 9.16. The first-order valence-corrected chi connectivity index (χ1v) is 6.87. The Morgan fingerprint density at radius 1 is 1.12 bits per heavy atom. The van der Waals surface area contributed by atoms with Crippen LogP contribution in [0.3, 0.4) is 0 Å². The SMILES string of the molecule is CC(C)CCCC(C)NC(=O)CC(N)C(C)C. The maximum Gasteiger partial charge on any atom is 0.221 e. The van der Waals surface area contributed by atoms with E-state index in [1.807, 2.05) is 13.8 Å². The Kier molecular flexibility index (Phi) is 8.23. The van der Waals surface area contributed by atoms with E-state index in [0.29, 0.717) is 12.3 Å². The largest absolute Gasteiger partial charge is 0.354 e. The predicted molar refractivity (Wildman–Crippen MR) is 73.7 cm³/mol. The second kappa shape index (κ2) is 8.51. The summed E-state index contributed by atoms with van der Waals surface area (Å²) in [5, 5.41) is 3.02. The van der Waals surface area contributed by atoms with Crippen LogP contribution in [0, 0.1) is 11.8 Å². The van der Waals surface area contributed by atoms with Crippen LogP contribution in [0.5, 0.6) is 0 Å². The van der Waals surface area contributed by atoms with Gasteiger partial charge in [0.2, 0.25) is 5.91 Å². The van der Waals surface area contributed by atoms with Gasteiger partial charge >= 0.3 is 0 Å². The van der Waals surface area contributed by atoms with Gasteiger partial charge in [-0.15, -0.1) is 0 Å². The average Bonchev–Trinajstić information content (AvgIpc) is 2.16. The van der Waals surface area contributed by atoms with Gasteiger partial charge in [0.15, 0.2) is 0 Å². The van der Waals surface area contributed by atoms with Crippen LogP contribution in [0.25, 0.3) is 0 Å². The third-order valence-corrected chi connectivity index (χ3v) is 3.10. The number of carbonyl (C=O) groups is 1. The van der Waals surface area contributed by atoms with Crippen molar-refractivity contribution >= 4 is 5.91 Å². The minimum absolute atomic E-state index is 0.0298. The lowest BCUT2D eigenvalue weighted by molar-refractivity contribution is -0.122. The molecule has 3 heteroatoms. The molecule has 0 saturated heterocycles. The Balaban J connectivity index is 3.73. The molecule has 0 aromatic rings. The molecule has 2 atom stereocenters. The molecule has 0 fully saturated rings. The van der Waals surface area contributed by atoms with E-state index in [-0.39, 0.29) is 18.0 Å². The molecule has 0 aliphatic carbocycles. The topological polar surface area (TPSA) is 55.1 Å². The van der Waals surface area contributed by atoms with Gasteiger partial charge in [0.1, 0.15) is 0 Å². The molecule has 0 heterocycles. The molecule has 3 nitrogen and oxygen atoms in total. The van der Waals surface area contributed by atoms with Gasteiger partial charge in [-0.3, -0.25) is 4.79 Å². The molecule has 0 aliphatic heterocycles. The fourth-order valence-electron chi connectivity index (χ4n) is 1.69. The molecule has 0 aromatic heterocycles. The lowest BCUT2D eigenvalue weighted by Gasteiger charge is -2.18. The zero-order valence-electron chi connectivity index (χ0n) is 12.1. The number of nitrogens with two attached hydrogens (primary N) is 1. The van der Waals surface area contributed by atoms with Crippen molar-refractivity contribution in [2.24, 2.45) is 17.6 Å². The van der Waals surface area contributed by atoms with E-state index in [2.05, 4.69) is 26.1 Å². The first-order valence-electron chi connectivity index (χ1n) is 6.87. The van der Waals surface area contributed by atoms with Crippen LogP contribution in [0.4, 0.5) is 0 Å². The van der Waals surface area contributed by atoms with Crippen molar-refractivity contribution in [2.75, 3.05) is 0 Å². The lowest BCUT2D eigenvalue weighted by atomic mass is 10.0. The van der Waals surface area contributed by atoms with Crippen molar-refractivity contribution in [1.82, 2.24) is 5.32 Å². The Morgan fingerprint density at radius 3 is 2.18 bits per heavy atom. The summed E-state index contributed by atoms with van der Waals surface area (Å²) in [5.41, 5.74) is 5.87. The monoisotopic (exact) mass is 242 g/mol. The highest BCUT2D eigenvalue weighted by molar-refractivity contribution is 5.76. The zero-order valence-corrected chi connectivity index (χ0v) is 12.1. The van der Waals surface area contributed by atoms with Crippen LogP contribution in [0.15, 0.2) is 0 Å². The third-order valence-electron chi connectivity index (χ3n) is 3.10. The summed E-state index contributed by atoms with van der Waals surface area (Å²) in [7, 11) is 0. The van der Waals surface area contributed by atoms with Crippen molar-refractivity contribution in [1.29, 1.82) is 0 Å². The molecule has 0 spiro atoms. The van der Waals surface area contributed by atoms with Crippen LogP contribution in [-0.4, -0.2) is 18.0 Å². The number of hydrogen-bond acceptors (Lipinski definition) is 2. The fraction of sp³-hybridized carbons (Fsp3) is 0.929. The summed E-state index contributed by atoms with van der Waals surface area (Å²) in [6.45, 7) is 10.6. The summed E-state index contributed by atoms with van der Waals surface area (Å²) < 4.78 is 0. The Bertz CT molecular complexity index is 214. The minimum Gasteiger partial charge on any atom is -0.354 e. The molecular weight excluding hydrogens is 212 g/mol. The number of hydrogen-bond donors (Lipinski definition) is 2. The van der Waals surface area contributed by atoms with Crippen molar-refractivity contribution in [3.05, 3.63) is 0 Å². The van der Waals surface area contributed by atoms with Crippen LogP contribution in [0.2, 0.25) is 0 Å². The lowest BCUT2D eigenvalue weighted by Crippen LogP contribution is -2.38. The molecular formula is C14H30N2O. The zero-order chi connectivity index (χ0) is 13.4. The van der Waals surface area contributed by atoms with Gasteiger partial charge < -0.3 is 11.1 Å². The smallest absolute Gasteiger partial charge is 0.221 e. The first kappa shape index (κ1) is 16.4. The molecule has 0 saturated carbocycles. The molecule has 0 radical (unpaired) electrons. The van der Waals surface area contributed by atoms with E-state index in [9.17, 15) is 4.79 Å². The number of amides is 1. The molecule has 17 heavy (non-hydrogen) atoms. The number of carbonyl (C=O) groups excluding carboxylic acids is 1. The second-order valence-electron chi connectivity index (χ2n) is 5.91. The summed E-state index contributed by atoms with van der Waals surface area (Å²) >= 11 is 0.